The molecule has 2 heterocycles. The van der Waals surface area contributed by atoms with E-state index in [0.717, 1.165) is 18.8 Å². The van der Waals surface area contributed by atoms with Crippen LogP contribution in [0.3, 0.4) is 0 Å². The Morgan fingerprint density at radius 2 is 2.27 bits per heavy atom. The number of halogens is 1. The zero-order valence-electron chi connectivity index (χ0n) is 8.39. The molecule has 78 valence electrons. The van der Waals surface area contributed by atoms with Crippen LogP contribution in [-0.4, -0.2) is 19.5 Å². The van der Waals surface area contributed by atoms with Crippen LogP contribution in [0.25, 0.3) is 11.5 Å². The first kappa shape index (κ1) is 10.1. The van der Waals surface area contributed by atoms with Gasteiger partial charge in [0.2, 0.25) is 0 Å². The highest BCUT2D eigenvalue weighted by Crippen LogP contribution is 2.15. The summed E-state index contributed by atoms with van der Waals surface area (Å²) >= 11 is 5.78. The first-order chi connectivity index (χ1) is 7.31. The highest BCUT2D eigenvalue weighted by molar-refractivity contribution is 6.29. The third-order valence-corrected chi connectivity index (χ3v) is 2.20. The van der Waals surface area contributed by atoms with Crippen molar-refractivity contribution in [3.8, 4) is 11.5 Å². The fourth-order valence-electron chi connectivity index (χ4n) is 1.41. The van der Waals surface area contributed by atoms with Crippen LogP contribution in [0.5, 0.6) is 0 Å². The fourth-order valence-corrected chi connectivity index (χ4v) is 1.56. The molecular weight excluding hydrogens is 212 g/mol. The van der Waals surface area contributed by atoms with Crippen LogP contribution >= 0.6 is 11.6 Å². The number of aryl methyl sites for hydroxylation is 1. The third kappa shape index (κ3) is 2.15. The Hall–Kier alpha value is -1.42. The molecule has 0 aliphatic rings. The van der Waals surface area contributed by atoms with Crippen molar-refractivity contribution in [3.05, 3.63) is 29.9 Å². The number of imidazole rings is 1. The minimum atomic E-state index is 0.388. The van der Waals surface area contributed by atoms with Gasteiger partial charge in [0.1, 0.15) is 10.8 Å². The van der Waals surface area contributed by atoms with Crippen LogP contribution in [-0.2, 0) is 6.54 Å². The van der Waals surface area contributed by atoms with Gasteiger partial charge in [-0.15, -0.1) is 0 Å². The molecule has 0 saturated carbocycles. The molecular formula is C10H11ClN4. The molecule has 0 aromatic carbocycles. The van der Waals surface area contributed by atoms with Crippen LogP contribution in [0.4, 0.5) is 0 Å². The standard InChI is InChI=1S/C10H11ClN4/c1-2-4-15-5-3-13-10(15)8-6-12-7-9(11)14-8/h3,5-7H,2,4H2,1H3. The lowest BCUT2D eigenvalue weighted by Gasteiger charge is -2.04. The summed E-state index contributed by atoms with van der Waals surface area (Å²) in [6.45, 7) is 3.04. The van der Waals surface area contributed by atoms with Gasteiger partial charge in [-0.2, -0.15) is 0 Å². The molecule has 0 radical (unpaired) electrons. The number of rotatable bonds is 3. The van der Waals surface area contributed by atoms with Gasteiger partial charge >= 0.3 is 0 Å². The van der Waals surface area contributed by atoms with E-state index >= 15 is 0 Å². The molecule has 2 rings (SSSR count). The van der Waals surface area contributed by atoms with E-state index in [1.54, 1.807) is 12.4 Å². The monoisotopic (exact) mass is 222 g/mol. The van der Waals surface area contributed by atoms with E-state index in [0.29, 0.717) is 10.8 Å². The maximum absolute atomic E-state index is 5.78. The van der Waals surface area contributed by atoms with Gasteiger partial charge in [-0.1, -0.05) is 18.5 Å². The maximum atomic E-state index is 5.78. The van der Waals surface area contributed by atoms with Crippen molar-refractivity contribution in [1.29, 1.82) is 0 Å². The minimum absolute atomic E-state index is 0.388. The summed E-state index contributed by atoms with van der Waals surface area (Å²) in [5.41, 5.74) is 0.709. The highest BCUT2D eigenvalue weighted by Gasteiger charge is 2.07. The molecule has 0 spiro atoms. The van der Waals surface area contributed by atoms with E-state index in [-0.39, 0.29) is 0 Å². The Bertz CT molecular complexity index is 452. The molecule has 4 nitrogen and oxygen atoms in total. The number of hydrogen-bond acceptors (Lipinski definition) is 3. The summed E-state index contributed by atoms with van der Waals surface area (Å²) < 4.78 is 2.04. The van der Waals surface area contributed by atoms with Crippen LogP contribution in [0.1, 0.15) is 13.3 Å². The molecule has 0 amide bonds. The van der Waals surface area contributed by atoms with Crippen molar-refractivity contribution in [3.63, 3.8) is 0 Å². The zero-order valence-corrected chi connectivity index (χ0v) is 9.15. The summed E-state index contributed by atoms with van der Waals surface area (Å²) in [4.78, 5) is 12.4. The molecule has 0 unspecified atom stereocenters. The average molecular weight is 223 g/mol. The van der Waals surface area contributed by atoms with Crippen molar-refractivity contribution in [2.75, 3.05) is 0 Å². The van der Waals surface area contributed by atoms with E-state index in [1.807, 2.05) is 10.8 Å². The smallest absolute Gasteiger partial charge is 0.160 e. The van der Waals surface area contributed by atoms with Crippen molar-refractivity contribution in [2.24, 2.45) is 0 Å². The number of nitrogens with zero attached hydrogens (tertiary/aromatic N) is 4. The molecule has 0 fully saturated rings. The molecule has 0 N–H and O–H groups in total. The summed E-state index contributed by atoms with van der Waals surface area (Å²) in [5, 5.41) is 0.388. The summed E-state index contributed by atoms with van der Waals surface area (Å²) in [5.74, 6) is 0.812. The lowest BCUT2D eigenvalue weighted by molar-refractivity contribution is 0.683. The molecule has 2 aromatic rings. The molecule has 15 heavy (non-hydrogen) atoms. The first-order valence-electron chi connectivity index (χ1n) is 4.80. The van der Waals surface area contributed by atoms with E-state index < -0.39 is 0 Å². The molecule has 2 aromatic heterocycles. The minimum Gasteiger partial charge on any atom is -0.330 e. The largest absolute Gasteiger partial charge is 0.330 e. The lowest BCUT2D eigenvalue weighted by atomic mass is 10.4. The topological polar surface area (TPSA) is 43.6 Å². The van der Waals surface area contributed by atoms with Gasteiger partial charge in [-0.25, -0.2) is 9.97 Å². The van der Waals surface area contributed by atoms with Crippen LogP contribution in [0, 0.1) is 0 Å². The number of hydrogen-bond donors (Lipinski definition) is 0. The van der Waals surface area contributed by atoms with Crippen LogP contribution < -0.4 is 0 Å². The van der Waals surface area contributed by atoms with E-state index in [9.17, 15) is 0 Å². The molecule has 0 saturated heterocycles. The average Bonchev–Trinajstić information content (AvgIpc) is 2.66. The number of aromatic nitrogens is 4. The Morgan fingerprint density at radius 3 is 3.00 bits per heavy atom. The van der Waals surface area contributed by atoms with E-state index in [4.69, 9.17) is 11.6 Å². The Balaban J connectivity index is 2.40. The van der Waals surface area contributed by atoms with Gasteiger partial charge in [0.25, 0.3) is 0 Å². The quantitative estimate of drug-likeness (QED) is 0.801. The van der Waals surface area contributed by atoms with Crippen LogP contribution in [0.15, 0.2) is 24.8 Å². The Morgan fingerprint density at radius 1 is 1.40 bits per heavy atom. The van der Waals surface area contributed by atoms with Crippen molar-refractivity contribution in [1.82, 2.24) is 19.5 Å². The van der Waals surface area contributed by atoms with Gasteiger partial charge in [-0.05, 0) is 6.42 Å². The van der Waals surface area contributed by atoms with Gasteiger partial charge in [0, 0.05) is 18.9 Å². The van der Waals surface area contributed by atoms with E-state index in [2.05, 4.69) is 21.9 Å². The zero-order chi connectivity index (χ0) is 10.7. The molecule has 0 bridgehead atoms. The van der Waals surface area contributed by atoms with Gasteiger partial charge < -0.3 is 4.57 Å². The molecule has 0 aliphatic heterocycles. The van der Waals surface area contributed by atoms with Gasteiger partial charge in [0.05, 0.1) is 12.4 Å². The first-order valence-corrected chi connectivity index (χ1v) is 5.18. The normalized spacial score (nSPS) is 10.5. The van der Waals surface area contributed by atoms with Crippen molar-refractivity contribution < 1.29 is 0 Å². The highest BCUT2D eigenvalue weighted by atomic mass is 35.5. The summed E-state index contributed by atoms with van der Waals surface area (Å²) in [6, 6.07) is 0. The van der Waals surface area contributed by atoms with Crippen molar-refractivity contribution in [2.45, 2.75) is 19.9 Å². The summed E-state index contributed by atoms with van der Waals surface area (Å²) in [7, 11) is 0. The fraction of sp³-hybridized carbons (Fsp3) is 0.300. The van der Waals surface area contributed by atoms with Crippen molar-refractivity contribution >= 4 is 11.6 Å². The summed E-state index contributed by atoms with van der Waals surface area (Å²) in [6.07, 6.45) is 7.92. The third-order valence-electron chi connectivity index (χ3n) is 2.01. The SMILES string of the molecule is CCCn1ccnc1-c1cncc(Cl)n1. The van der Waals surface area contributed by atoms with Gasteiger partial charge in [-0.3, -0.25) is 4.98 Å². The lowest BCUT2D eigenvalue weighted by Crippen LogP contribution is -2.00. The Labute approximate surface area is 93.0 Å². The second-order valence-electron chi connectivity index (χ2n) is 3.17. The van der Waals surface area contributed by atoms with Crippen LogP contribution in [0.2, 0.25) is 5.15 Å². The molecule has 0 atom stereocenters. The molecule has 0 aliphatic carbocycles. The van der Waals surface area contributed by atoms with E-state index in [1.165, 1.54) is 6.20 Å². The Kier molecular flexibility index (Phi) is 2.97. The van der Waals surface area contributed by atoms with Gasteiger partial charge in [0.15, 0.2) is 5.82 Å². The molecule has 5 heteroatoms. The predicted molar refractivity (Wildman–Crippen MR) is 58.6 cm³/mol. The maximum Gasteiger partial charge on any atom is 0.160 e. The predicted octanol–water partition coefficient (Wildman–Crippen LogP) is 2.40. The second kappa shape index (κ2) is 4.40. The second-order valence-corrected chi connectivity index (χ2v) is 3.56.